The van der Waals surface area contributed by atoms with Crippen LogP contribution in [0.4, 0.5) is 10.6 Å². The molecule has 3 amide bonds. The van der Waals surface area contributed by atoms with Gasteiger partial charge in [-0.3, -0.25) is 4.79 Å². The van der Waals surface area contributed by atoms with Gasteiger partial charge in [0.25, 0.3) is 0 Å². The summed E-state index contributed by atoms with van der Waals surface area (Å²) in [7, 11) is 1.78. The molecular formula is C17H27N5O2. The standard InChI is InChI=1S/C17H27N5O2/c1-3-4-9-20-17(24)21(2)13-8-11-22(14(12-13)16(18)23)15-7-5-6-10-19-15/h5-7,10,13-14H,3-4,8-9,11-12H2,1-2H3,(H2,18,23)(H,20,24). The number of amides is 3. The zero-order chi connectivity index (χ0) is 17.5. The number of nitrogens with zero attached hydrogens (tertiary/aromatic N) is 3. The predicted molar refractivity (Wildman–Crippen MR) is 93.7 cm³/mol. The number of hydrogen-bond acceptors (Lipinski definition) is 4. The number of primary amides is 1. The van der Waals surface area contributed by atoms with Gasteiger partial charge in [-0.25, -0.2) is 9.78 Å². The molecule has 1 aromatic heterocycles. The van der Waals surface area contributed by atoms with Crippen LogP contribution in [0.5, 0.6) is 0 Å². The molecule has 132 valence electrons. The van der Waals surface area contributed by atoms with E-state index in [1.165, 1.54) is 0 Å². The Bertz CT molecular complexity index is 551. The van der Waals surface area contributed by atoms with Gasteiger partial charge < -0.3 is 20.9 Å². The van der Waals surface area contributed by atoms with Crippen molar-refractivity contribution in [2.24, 2.45) is 5.73 Å². The SMILES string of the molecule is CCCCNC(=O)N(C)C1CCN(c2ccccn2)C(C(N)=O)C1. The van der Waals surface area contributed by atoms with Crippen molar-refractivity contribution in [3.05, 3.63) is 24.4 Å². The van der Waals surface area contributed by atoms with Crippen molar-refractivity contribution in [3.8, 4) is 0 Å². The third kappa shape index (κ3) is 4.37. The van der Waals surface area contributed by atoms with Crippen LogP contribution in [0.15, 0.2) is 24.4 Å². The van der Waals surface area contributed by atoms with Crippen molar-refractivity contribution < 1.29 is 9.59 Å². The van der Waals surface area contributed by atoms with Gasteiger partial charge in [-0.1, -0.05) is 19.4 Å². The number of anilines is 1. The molecule has 0 saturated carbocycles. The predicted octanol–water partition coefficient (Wildman–Crippen LogP) is 1.35. The molecule has 2 unspecified atom stereocenters. The van der Waals surface area contributed by atoms with Crippen LogP contribution in [-0.2, 0) is 4.79 Å². The summed E-state index contributed by atoms with van der Waals surface area (Å²) in [5.74, 6) is 0.361. The van der Waals surface area contributed by atoms with E-state index in [0.29, 0.717) is 19.5 Å². The Morgan fingerprint density at radius 3 is 2.88 bits per heavy atom. The van der Waals surface area contributed by atoms with E-state index in [-0.39, 0.29) is 18.0 Å². The molecule has 1 aromatic rings. The number of pyridine rings is 1. The summed E-state index contributed by atoms with van der Waals surface area (Å²) < 4.78 is 0. The minimum absolute atomic E-state index is 0.0101. The highest BCUT2D eigenvalue weighted by molar-refractivity contribution is 5.84. The van der Waals surface area contributed by atoms with E-state index < -0.39 is 6.04 Å². The Hall–Kier alpha value is -2.31. The Morgan fingerprint density at radius 2 is 2.25 bits per heavy atom. The summed E-state index contributed by atoms with van der Waals surface area (Å²) in [6.45, 7) is 3.40. The fraction of sp³-hybridized carbons (Fsp3) is 0.588. The average Bonchev–Trinajstić information content (AvgIpc) is 2.61. The Morgan fingerprint density at radius 1 is 1.46 bits per heavy atom. The first-order valence-electron chi connectivity index (χ1n) is 8.52. The molecule has 0 aliphatic carbocycles. The second-order valence-corrected chi connectivity index (χ2v) is 6.17. The number of urea groups is 1. The number of piperidine rings is 1. The lowest BCUT2D eigenvalue weighted by Gasteiger charge is -2.41. The molecule has 1 aliphatic heterocycles. The molecule has 2 heterocycles. The number of nitrogens with two attached hydrogens (primary N) is 1. The Labute approximate surface area is 143 Å². The maximum atomic E-state index is 12.2. The van der Waals surface area contributed by atoms with Crippen LogP contribution < -0.4 is 16.0 Å². The van der Waals surface area contributed by atoms with Gasteiger partial charge in [0.2, 0.25) is 5.91 Å². The number of rotatable bonds is 6. The molecule has 0 spiro atoms. The summed E-state index contributed by atoms with van der Waals surface area (Å²) in [5, 5.41) is 2.91. The van der Waals surface area contributed by atoms with E-state index in [1.807, 2.05) is 23.1 Å². The first kappa shape index (κ1) is 18.0. The Kier molecular flexibility index (Phi) is 6.40. The third-order valence-corrected chi connectivity index (χ3v) is 4.52. The number of carbonyl (C=O) groups excluding carboxylic acids is 2. The second-order valence-electron chi connectivity index (χ2n) is 6.17. The third-order valence-electron chi connectivity index (χ3n) is 4.52. The van der Waals surface area contributed by atoms with Crippen molar-refractivity contribution >= 4 is 17.8 Å². The second kappa shape index (κ2) is 8.52. The van der Waals surface area contributed by atoms with Gasteiger partial charge in [-0.05, 0) is 31.4 Å². The molecule has 2 rings (SSSR count). The van der Waals surface area contributed by atoms with Gasteiger partial charge in [0.1, 0.15) is 11.9 Å². The molecule has 7 heteroatoms. The summed E-state index contributed by atoms with van der Waals surface area (Å²) >= 11 is 0. The Balaban J connectivity index is 2.02. The lowest BCUT2D eigenvalue weighted by molar-refractivity contribution is -0.120. The van der Waals surface area contributed by atoms with Crippen LogP contribution >= 0.6 is 0 Å². The number of aromatic nitrogens is 1. The summed E-state index contributed by atoms with van der Waals surface area (Å²) in [5.41, 5.74) is 5.60. The molecule has 2 atom stereocenters. The topological polar surface area (TPSA) is 91.6 Å². The zero-order valence-corrected chi connectivity index (χ0v) is 14.4. The minimum atomic E-state index is -0.454. The van der Waals surface area contributed by atoms with Crippen LogP contribution in [0, 0.1) is 0 Å². The highest BCUT2D eigenvalue weighted by atomic mass is 16.2. The maximum absolute atomic E-state index is 12.2. The monoisotopic (exact) mass is 333 g/mol. The van der Waals surface area contributed by atoms with Gasteiger partial charge in [0.05, 0.1) is 0 Å². The normalized spacial score (nSPS) is 20.5. The summed E-state index contributed by atoms with van der Waals surface area (Å²) in [6, 6.07) is 5.04. The van der Waals surface area contributed by atoms with Gasteiger partial charge in [-0.15, -0.1) is 0 Å². The summed E-state index contributed by atoms with van der Waals surface area (Å²) in [6.07, 6.45) is 4.99. The number of carbonyl (C=O) groups is 2. The molecule has 0 aromatic carbocycles. The first-order valence-corrected chi connectivity index (χ1v) is 8.52. The van der Waals surface area contributed by atoms with Gasteiger partial charge in [0, 0.05) is 32.4 Å². The van der Waals surface area contributed by atoms with Crippen molar-refractivity contribution in [3.63, 3.8) is 0 Å². The van der Waals surface area contributed by atoms with Gasteiger partial charge >= 0.3 is 6.03 Å². The number of hydrogen-bond donors (Lipinski definition) is 2. The quantitative estimate of drug-likeness (QED) is 0.769. The average molecular weight is 333 g/mol. The van der Waals surface area contributed by atoms with Crippen molar-refractivity contribution in [1.82, 2.24) is 15.2 Å². The van der Waals surface area contributed by atoms with E-state index in [2.05, 4.69) is 17.2 Å². The molecule has 0 radical (unpaired) electrons. The lowest BCUT2D eigenvalue weighted by atomic mass is 9.95. The van der Waals surface area contributed by atoms with E-state index in [0.717, 1.165) is 25.1 Å². The zero-order valence-electron chi connectivity index (χ0n) is 14.4. The molecule has 1 fully saturated rings. The van der Waals surface area contributed by atoms with Crippen LogP contribution in [0.25, 0.3) is 0 Å². The molecule has 1 aliphatic rings. The molecular weight excluding hydrogens is 306 g/mol. The fourth-order valence-electron chi connectivity index (χ4n) is 3.03. The molecule has 24 heavy (non-hydrogen) atoms. The summed E-state index contributed by atoms with van der Waals surface area (Å²) in [4.78, 5) is 32.1. The van der Waals surface area contributed by atoms with E-state index >= 15 is 0 Å². The first-order chi connectivity index (χ1) is 11.5. The van der Waals surface area contributed by atoms with Crippen LogP contribution in [0.2, 0.25) is 0 Å². The number of nitrogens with one attached hydrogen (secondary N) is 1. The lowest BCUT2D eigenvalue weighted by Crippen LogP contribution is -2.56. The van der Waals surface area contributed by atoms with E-state index in [1.54, 1.807) is 18.1 Å². The molecule has 0 bridgehead atoms. The highest BCUT2D eigenvalue weighted by Gasteiger charge is 2.35. The van der Waals surface area contributed by atoms with Crippen LogP contribution in [0.1, 0.15) is 32.6 Å². The smallest absolute Gasteiger partial charge is 0.317 e. The molecule has 7 nitrogen and oxygen atoms in total. The fourth-order valence-corrected chi connectivity index (χ4v) is 3.03. The van der Waals surface area contributed by atoms with Crippen molar-refractivity contribution in [2.45, 2.75) is 44.7 Å². The van der Waals surface area contributed by atoms with Gasteiger partial charge in [-0.2, -0.15) is 0 Å². The van der Waals surface area contributed by atoms with E-state index in [4.69, 9.17) is 5.73 Å². The molecule has 1 saturated heterocycles. The minimum Gasteiger partial charge on any atom is -0.368 e. The van der Waals surface area contributed by atoms with E-state index in [9.17, 15) is 9.59 Å². The molecule has 3 N–H and O–H groups in total. The maximum Gasteiger partial charge on any atom is 0.317 e. The van der Waals surface area contributed by atoms with Crippen LogP contribution in [0.3, 0.4) is 0 Å². The van der Waals surface area contributed by atoms with Crippen LogP contribution in [-0.4, -0.2) is 54.0 Å². The van der Waals surface area contributed by atoms with Crippen molar-refractivity contribution in [2.75, 3.05) is 25.0 Å². The van der Waals surface area contributed by atoms with Gasteiger partial charge in [0.15, 0.2) is 0 Å². The number of unbranched alkanes of at least 4 members (excludes halogenated alkanes) is 1. The van der Waals surface area contributed by atoms with Crippen molar-refractivity contribution in [1.29, 1.82) is 0 Å². The largest absolute Gasteiger partial charge is 0.368 e. The highest BCUT2D eigenvalue weighted by Crippen LogP contribution is 2.25.